The van der Waals surface area contributed by atoms with Gasteiger partial charge < -0.3 is 199 Å². The molecular formula is C56H97NO39. The Morgan fingerprint density at radius 2 is 0.375 bits per heavy atom. The van der Waals surface area contributed by atoms with Crippen molar-refractivity contribution >= 4 is 0 Å². The monoisotopic (exact) mass is 1410 g/mol. The standard InChI is InChI=1S/C56H97NO39/c1-2-3-4-5-6-7-8-57-9-17-41-25(65)33(73)49(81-17)90-42-18(10-58)83-51(35(75)27(42)67)92-44-20(12-60)85-53(37(77)29(44)69)94-46-22(14-62)87-55(39(79)31(46)71)96-48-24(16-64)88-56(40(80)32(48)72)95-47-23(15-63)86-54(38(78)30(47)70)93-45-21(13-61)84-52(36(76)28(45)68)91-43-19(11-59)82-50(89-41)34(74)26(43)66/h17-80H,2-16H2,1H3/t17-,18-,19-,20-,21-,22-,23-,24-,25-,26-,27-,28-,29-,30-,31-,32-,33-,34-,35-,36-,37-,38-,39-,40-,41-,42-,43-,44-,45-,46-,47-,48-,49-,50-,51-,52-,53-,54-,55-,56-/m1/s1. The summed E-state index contributed by atoms with van der Waals surface area (Å²) in [6.07, 6.45) is -74.9. The summed E-state index contributed by atoms with van der Waals surface area (Å²) in [6, 6.07) is 0. The second-order valence-electron chi connectivity index (χ2n) is 25.2. The molecule has 30 aliphatic heterocycles. The average Bonchev–Trinajstić information content (AvgIpc) is 0.784. The minimum atomic E-state index is -2.24. The maximum absolute atomic E-state index is 11.9. The van der Waals surface area contributed by atoms with Crippen LogP contribution in [0.1, 0.15) is 45.4 Å². The molecule has 0 radical (unpaired) electrons. The van der Waals surface area contributed by atoms with Gasteiger partial charge in [0.2, 0.25) is 0 Å². The van der Waals surface area contributed by atoms with E-state index < -0.39 is 292 Å². The predicted molar refractivity (Wildman–Crippen MR) is 300 cm³/mol. The summed E-state index contributed by atoms with van der Waals surface area (Å²) in [5, 5.41) is 261. The van der Waals surface area contributed by atoms with Crippen molar-refractivity contribution in [2.24, 2.45) is 0 Å². The number of aliphatic hydroxyl groups excluding tert-OH is 23. The Morgan fingerprint density at radius 1 is 0.208 bits per heavy atom. The molecule has 40 nitrogen and oxygen atoms in total. The van der Waals surface area contributed by atoms with Crippen molar-refractivity contribution in [3.8, 4) is 0 Å². The zero-order valence-corrected chi connectivity index (χ0v) is 52.0. The van der Waals surface area contributed by atoms with Gasteiger partial charge >= 0.3 is 0 Å². The molecule has 40 heteroatoms. The van der Waals surface area contributed by atoms with Crippen LogP contribution in [0.3, 0.4) is 0 Å². The summed E-state index contributed by atoms with van der Waals surface area (Å²) < 4.78 is 93.2. The van der Waals surface area contributed by atoms with Crippen LogP contribution in [0.2, 0.25) is 0 Å². The van der Waals surface area contributed by atoms with Crippen molar-refractivity contribution in [3.05, 3.63) is 0 Å². The number of nitrogens with one attached hydrogen (secondary N) is 1. The van der Waals surface area contributed by atoms with Gasteiger partial charge in [0.05, 0.1) is 46.2 Å². The third-order valence-electron chi connectivity index (χ3n) is 18.8. The van der Waals surface area contributed by atoms with Crippen LogP contribution in [0.25, 0.3) is 0 Å². The first-order chi connectivity index (χ1) is 45.9. The first kappa shape index (κ1) is 78.5. The van der Waals surface area contributed by atoms with E-state index in [1.54, 1.807) is 0 Å². The van der Waals surface area contributed by atoms with Crippen molar-refractivity contribution in [1.29, 1.82) is 0 Å². The number of aliphatic hydroxyl groups is 23. The van der Waals surface area contributed by atoms with Crippen molar-refractivity contribution in [2.75, 3.05) is 59.3 Å². The first-order valence-corrected chi connectivity index (χ1v) is 32.2. The van der Waals surface area contributed by atoms with E-state index in [1.165, 1.54) is 0 Å². The molecule has 0 aromatic rings. The lowest BCUT2D eigenvalue weighted by atomic mass is 9.94. The van der Waals surface area contributed by atoms with E-state index in [-0.39, 0.29) is 6.54 Å². The molecule has 0 unspecified atom stereocenters. The molecule has 0 aliphatic carbocycles. The van der Waals surface area contributed by atoms with Crippen LogP contribution in [0.15, 0.2) is 0 Å². The zero-order chi connectivity index (χ0) is 69.7. The molecule has 16 bridgehead atoms. The number of unbranched alkanes of at least 4 members (excludes halogenated alkanes) is 5. The van der Waals surface area contributed by atoms with Crippen LogP contribution in [0, 0.1) is 0 Å². The van der Waals surface area contributed by atoms with Crippen LogP contribution in [-0.4, -0.2) is 422 Å². The summed E-state index contributed by atoms with van der Waals surface area (Å²) in [6.45, 7) is -5.20. The van der Waals surface area contributed by atoms with Gasteiger partial charge in [0, 0.05) is 6.54 Å². The molecule has 24 N–H and O–H groups in total. The van der Waals surface area contributed by atoms with Gasteiger partial charge in [-0.2, -0.15) is 0 Å². The number of rotatable bonds is 16. The van der Waals surface area contributed by atoms with E-state index in [2.05, 4.69) is 12.2 Å². The van der Waals surface area contributed by atoms with Gasteiger partial charge in [0.1, 0.15) is 195 Å². The molecule has 30 rings (SSSR count). The molecule has 0 saturated carbocycles. The minimum absolute atomic E-state index is 0.210. The summed E-state index contributed by atoms with van der Waals surface area (Å²) in [5.41, 5.74) is 0. The second-order valence-corrected chi connectivity index (χ2v) is 25.2. The van der Waals surface area contributed by atoms with Crippen molar-refractivity contribution < 1.29 is 193 Å². The van der Waals surface area contributed by atoms with Crippen molar-refractivity contribution in [1.82, 2.24) is 5.32 Å². The van der Waals surface area contributed by atoms with Gasteiger partial charge in [-0.15, -0.1) is 0 Å². The SMILES string of the molecule is CCCCCCCCNC[C@H]1O[C@@H]2O[C@H]3[C@H](O)[C@@H](O)[C@@H](O[C@H]4[C@H](O)[C@@H](O)[C@@H](O[C@H]5[C@H](O)[C@@H](O)[C@@H](O[C@H]6[C@H](O)[C@@H](O)[C@@H](O[C@H]7[C@H](O)[C@@H](O)[C@@H](O[C@H]8[C@H](O)[C@@H](O)[C@@H](O[C@H]9[C@H](O)[C@@H](O)[C@@H](O[C@H]1[C@H](O)[C@H]2O)O[C@@H]9CO)O[C@@H]8CO)O[C@@H]7CO)O[C@@H]6CO)O[C@@H]5CO)O[C@@H]4CO)O[C@@H]3CO. The molecule has 0 aromatic carbocycles. The molecule has 30 aliphatic rings. The molecule has 30 saturated heterocycles. The number of hydrogen-bond donors (Lipinski definition) is 24. The second kappa shape index (κ2) is 35.3. The van der Waals surface area contributed by atoms with Crippen LogP contribution >= 0.6 is 0 Å². The highest BCUT2D eigenvalue weighted by Gasteiger charge is 2.60. The highest BCUT2D eigenvalue weighted by molar-refractivity contribution is 5.03. The number of hydrogen-bond acceptors (Lipinski definition) is 40. The van der Waals surface area contributed by atoms with Crippen LogP contribution in [0.4, 0.5) is 0 Å². The lowest BCUT2D eigenvalue weighted by Crippen LogP contribution is -2.69. The molecule has 560 valence electrons. The Bertz CT molecular complexity index is 2280. The third-order valence-corrected chi connectivity index (χ3v) is 18.8. The third kappa shape index (κ3) is 16.8. The van der Waals surface area contributed by atoms with Gasteiger partial charge in [-0.1, -0.05) is 39.0 Å². The summed E-state index contributed by atoms with van der Waals surface area (Å²) >= 11 is 0. The summed E-state index contributed by atoms with van der Waals surface area (Å²) in [7, 11) is 0. The zero-order valence-electron chi connectivity index (χ0n) is 52.0. The maximum atomic E-state index is 11.9. The molecule has 0 amide bonds. The largest absolute Gasteiger partial charge is 0.394 e. The molecule has 96 heavy (non-hydrogen) atoms. The van der Waals surface area contributed by atoms with Crippen molar-refractivity contribution in [3.63, 3.8) is 0 Å². The first-order valence-electron chi connectivity index (χ1n) is 32.2. The highest BCUT2D eigenvalue weighted by Crippen LogP contribution is 2.40. The fourth-order valence-corrected chi connectivity index (χ4v) is 13.2. The Hall–Kier alpha value is -1.60. The van der Waals surface area contributed by atoms with E-state index in [9.17, 15) is 117 Å². The Labute approximate surface area is 547 Å². The van der Waals surface area contributed by atoms with E-state index >= 15 is 0 Å². The lowest BCUT2D eigenvalue weighted by Gasteiger charge is -2.50. The highest BCUT2D eigenvalue weighted by atomic mass is 16.8. The van der Waals surface area contributed by atoms with Gasteiger partial charge in [0.15, 0.2) is 50.3 Å². The molecule has 40 atom stereocenters. The van der Waals surface area contributed by atoms with Gasteiger partial charge in [0.25, 0.3) is 0 Å². The van der Waals surface area contributed by atoms with E-state index in [4.69, 9.17) is 75.8 Å². The summed E-state index contributed by atoms with van der Waals surface area (Å²) in [5.74, 6) is 0. The van der Waals surface area contributed by atoms with E-state index in [0.717, 1.165) is 32.1 Å². The maximum Gasteiger partial charge on any atom is 0.187 e. The Kier molecular flexibility index (Phi) is 28.8. The minimum Gasteiger partial charge on any atom is -0.394 e. The fraction of sp³-hybridized carbons (Fsp3) is 1.00. The molecule has 0 spiro atoms. The molecular weight excluding hydrogens is 1310 g/mol. The van der Waals surface area contributed by atoms with Gasteiger partial charge in [-0.05, 0) is 13.0 Å². The van der Waals surface area contributed by atoms with Crippen LogP contribution in [0.5, 0.6) is 0 Å². The average molecular weight is 1410 g/mol. The predicted octanol–water partition coefficient (Wildman–Crippen LogP) is -14.4. The van der Waals surface area contributed by atoms with Gasteiger partial charge in [-0.3, -0.25) is 0 Å². The van der Waals surface area contributed by atoms with Gasteiger partial charge in [-0.25, -0.2) is 0 Å². The number of ether oxygens (including phenoxy) is 16. The lowest BCUT2D eigenvalue weighted by molar-refractivity contribution is -0.403. The topological polar surface area (TPSA) is 625 Å². The normalized spacial score (nSPS) is 51.8. The quantitative estimate of drug-likeness (QED) is 0.0638. The van der Waals surface area contributed by atoms with Crippen molar-refractivity contribution in [2.45, 2.75) is 291 Å². The summed E-state index contributed by atoms with van der Waals surface area (Å²) in [4.78, 5) is 0. The van der Waals surface area contributed by atoms with Crippen LogP contribution in [-0.2, 0) is 75.8 Å². The smallest absolute Gasteiger partial charge is 0.187 e. The molecule has 0 aromatic heterocycles. The van der Waals surface area contributed by atoms with Crippen LogP contribution < -0.4 is 5.32 Å². The van der Waals surface area contributed by atoms with E-state index in [1.807, 2.05) is 0 Å². The molecule has 30 fully saturated rings. The Morgan fingerprint density at radius 3 is 0.562 bits per heavy atom. The molecule has 30 heterocycles. The fourth-order valence-electron chi connectivity index (χ4n) is 13.2. The Balaban J connectivity index is 0.985. The van der Waals surface area contributed by atoms with E-state index in [0.29, 0.717) is 13.0 Å².